The van der Waals surface area contributed by atoms with Crippen LogP contribution in [0.1, 0.15) is 18.4 Å². The van der Waals surface area contributed by atoms with Gasteiger partial charge in [0.05, 0.1) is 7.11 Å². The third kappa shape index (κ3) is 7.68. The van der Waals surface area contributed by atoms with Gasteiger partial charge in [-0.15, -0.1) is 24.0 Å². The summed E-state index contributed by atoms with van der Waals surface area (Å²) in [6, 6.07) is 16.5. The summed E-state index contributed by atoms with van der Waals surface area (Å²) in [5.74, 6) is 1.25. The first kappa shape index (κ1) is 24.3. The summed E-state index contributed by atoms with van der Waals surface area (Å²) in [4.78, 5) is 9.47. The summed E-state index contributed by atoms with van der Waals surface area (Å²) < 4.78 is 5.22. The highest BCUT2D eigenvalue weighted by Gasteiger charge is 2.16. The van der Waals surface area contributed by atoms with Crippen molar-refractivity contribution in [2.24, 2.45) is 10.7 Å². The molecule has 0 spiro atoms. The predicted octanol–water partition coefficient (Wildman–Crippen LogP) is 3.95. The maximum Gasteiger partial charge on any atom is 0.193 e. The number of benzene rings is 2. The Kier molecular flexibility index (Phi) is 10.2. The molecule has 1 aliphatic rings. The van der Waals surface area contributed by atoms with Crippen molar-refractivity contribution in [2.45, 2.75) is 19.8 Å². The zero-order chi connectivity index (χ0) is 20.5. The van der Waals surface area contributed by atoms with Crippen molar-refractivity contribution in [3.05, 3.63) is 54.1 Å². The first-order valence-corrected chi connectivity index (χ1v) is 10.4. The standard InChI is InChI=1S/C23H33N5O.HI/c1-19-7-5-9-21(17-19)28-15-13-27(14-16-28)12-4-3-11-25-23(24)26-20-8-6-10-22(18-20)29-2;/h5-10,17-18H,3-4,11-16H2,1-2H3,(H3,24,25,26);1H. The van der Waals surface area contributed by atoms with E-state index >= 15 is 0 Å². The van der Waals surface area contributed by atoms with Gasteiger partial charge in [-0.2, -0.15) is 0 Å². The molecule has 6 nitrogen and oxygen atoms in total. The van der Waals surface area contributed by atoms with E-state index in [4.69, 9.17) is 10.5 Å². The third-order valence-corrected chi connectivity index (χ3v) is 5.25. The Hall–Kier alpha value is -2.00. The van der Waals surface area contributed by atoms with E-state index in [9.17, 15) is 0 Å². The minimum atomic E-state index is 0. The number of methoxy groups -OCH3 is 1. The monoisotopic (exact) mass is 523 g/mol. The van der Waals surface area contributed by atoms with E-state index in [1.807, 2.05) is 24.3 Å². The van der Waals surface area contributed by atoms with E-state index in [1.54, 1.807) is 7.11 Å². The summed E-state index contributed by atoms with van der Waals surface area (Å²) in [6.07, 6.45) is 2.18. The number of hydrogen-bond donors (Lipinski definition) is 2. The normalized spacial score (nSPS) is 14.9. The zero-order valence-corrected chi connectivity index (χ0v) is 20.3. The number of nitrogens with zero attached hydrogens (tertiary/aromatic N) is 3. The number of unbranched alkanes of at least 4 members (excludes halogenated alkanes) is 1. The maximum atomic E-state index is 5.99. The minimum absolute atomic E-state index is 0. The Morgan fingerprint density at radius 2 is 1.83 bits per heavy atom. The minimum Gasteiger partial charge on any atom is -0.497 e. The van der Waals surface area contributed by atoms with Gasteiger partial charge in [0, 0.05) is 50.2 Å². The molecule has 2 aromatic carbocycles. The Morgan fingerprint density at radius 1 is 1.07 bits per heavy atom. The van der Waals surface area contributed by atoms with Gasteiger partial charge >= 0.3 is 0 Å². The van der Waals surface area contributed by atoms with Crippen molar-refractivity contribution >= 4 is 41.3 Å². The zero-order valence-electron chi connectivity index (χ0n) is 18.0. The molecular formula is C23H34IN5O. The van der Waals surface area contributed by atoms with Crippen molar-refractivity contribution < 1.29 is 4.74 Å². The van der Waals surface area contributed by atoms with Crippen LogP contribution in [0.3, 0.4) is 0 Å². The van der Waals surface area contributed by atoms with E-state index in [1.165, 1.54) is 11.3 Å². The van der Waals surface area contributed by atoms with Crippen LogP contribution in [0.2, 0.25) is 0 Å². The molecule has 0 radical (unpaired) electrons. The SMILES string of the molecule is COc1cccc(NC(N)=NCCCCN2CCN(c3cccc(C)c3)CC2)c1.I. The van der Waals surface area contributed by atoms with Crippen molar-refractivity contribution in [3.63, 3.8) is 0 Å². The molecule has 0 aliphatic carbocycles. The fraction of sp³-hybridized carbons (Fsp3) is 0.435. The summed E-state index contributed by atoms with van der Waals surface area (Å²) in [5, 5.41) is 3.11. The van der Waals surface area contributed by atoms with Crippen LogP contribution in [-0.2, 0) is 0 Å². The smallest absolute Gasteiger partial charge is 0.193 e. The lowest BCUT2D eigenvalue weighted by Crippen LogP contribution is -2.46. The maximum absolute atomic E-state index is 5.99. The number of aryl methyl sites for hydroxylation is 1. The number of rotatable bonds is 8. The second-order valence-electron chi connectivity index (χ2n) is 7.50. The molecule has 1 aliphatic heterocycles. The highest BCUT2D eigenvalue weighted by Crippen LogP contribution is 2.18. The van der Waals surface area contributed by atoms with Gasteiger partial charge in [0.25, 0.3) is 0 Å². The molecule has 30 heavy (non-hydrogen) atoms. The third-order valence-electron chi connectivity index (χ3n) is 5.25. The van der Waals surface area contributed by atoms with Crippen molar-refractivity contribution in [1.29, 1.82) is 0 Å². The van der Waals surface area contributed by atoms with Crippen LogP contribution in [0.25, 0.3) is 0 Å². The van der Waals surface area contributed by atoms with Gasteiger partial charge in [-0.1, -0.05) is 18.2 Å². The first-order valence-electron chi connectivity index (χ1n) is 10.4. The van der Waals surface area contributed by atoms with Crippen LogP contribution in [-0.4, -0.2) is 57.2 Å². The van der Waals surface area contributed by atoms with E-state index in [0.29, 0.717) is 5.96 Å². The molecule has 1 heterocycles. The average Bonchev–Trinajstić information content (AvgIpc) is 2.74. The van der Waals surface area contributed by atoms with Gasteiger partial charge in [-0.05, 0) is 56.1 Å². The number of hydrogen-bond acceptors (Lipinski definition) is 4. The number of nitrogens with one attached hydrogen (secondary N) is 1. The number of aliphatic imine (C=N–C) groups is 1. The van der Waals surface area contributed by atoms with Crippen LogP contribution in [0, 0.1) is 6.92 Å². The fourth-order valence-electron chi connectivity index (χ4n) is 3.59. The van der Waals surface area contributed by atoms with Crippen LogP contribution in [0.15, 0.2) is 53.5 Å². The second-order valence-corrected chi connectivity index (χ2v) is 7.50. The largest absolute Gasteiger partial charge is 0.497 e. The van der Waals surface area contributed by atoms with Gasteiger partial charge in [-0.3, -0.25) is 9.89 Å². The van der Waals surface area contributed by atoms with Gasteiger partial charge in [0.1, 0.15) is 5.75 Å². The van der Waals surface area contributed by atoms with Crippen molar-refractivity contribution in [2.75, 3.05) is 56.6 Å². The van der Waals surface area contributed by atoms with Crippen LogP contribution >= 0.6 is 24.0 Å². The van der Waals surface area contributed by atoms with E-state index in [0.717, 1.165) is 63.5 Å². The molecule has 0 unspecified atom stereocenters. The van der Waals surface area contributed by atoms with Crippen LogP contribution in [0.4, 0.5) is 11.4 Å². The van der Waals surface area contributed by atoms with Crippen molar-refractivity contribution in [3.8, 4) is 5.75 Å². The molecule has 3 N–H and O–H groups in total. The highest BCUT2D eigenvalue weighted by atomic mass is 127. The quantitative estimate of drug-likeness (QED) is 0.238. The van der Waals surface area contributed by atoms with E-state index in [2.05, 4.69) is 51.3 Å². The van der Waals surface area contributed by atoms with Gasteiger partial charge < -0.3 is 20.7 Å². The summed E-state index contributed by atoms with van der Waals surface area (Å²) >= 11 is 0. The number of ether oxygens (including phenoxy) is 1. The summed E-state index contributed by atoms with van der Waals surface area (Å²) in [7, 11) is 1.65. The molecule has 0 amide bonds. The van der Waals surface area contributed by atoms with Crippen LogP contribution in [0.5, 0.6) is 5.75 Å². The molecule has 0 saturated carbocycles. The number of halogens is 1. The highest BCUT2D eigenvalue weighted by molar-refractivity contribution is 14.0. The predicted molar refractivity (Wildman–Crippen MR) is 138 cm³/mol. The Labute approximate surface area is 197 Å². The molecule has 2 aromatic rings. The van der Waals surface area contributed by atoms with Gasteiger partial charge in [0.2, 0.25) is 0 Å². The number of piperazine rings is 1. The average molecular weight is 523 g/mol. The van der Waals surface area contributed by atoms with Crippen molar-refractivity contribution in [1.82, 2.24) is 4.90 Å². The lowest BCUT2D eigenvalue weighted by Gasteiger charge is -2.36. The topological polar surface area (TPSA) is 66.1 Å². The molecule has 0 atom stereocenters. The second kappa shape index (κ2) is 12.6. The summed E-state index contributed by atoms with van der Waals surface area (Å²) in [5.41, 5.74) is 9.54. The lowest BCUT2D eigenvalue weighted by atomic mass is 10.2. The molecule has 164 valence electrons. The number of guanidine groups is 1. The van der Waals surface area contributed by atoms with Gasteiger partial charge in [0.15, 0.2) is 5.96 Å². The van der Waals surface area contributed by atoms with E-state index in [-0.39, 0.29) is 24.0 Å². The molecule has 0 bridgehead atoms. The van der Waals surface area contributed by atoms with Crippen LogP contribution < -0.4 is 20.7 Å². The number of anilines is 2. The number of nitrogens with two attached hydrogens (primary N) is 1. The van der Waals surface area contributed by atoms with E-state index < -0.39 is 0 Å². The Bertz CT molecular complexity index is 806. The first-order chi connectivity index (χ1) is 14.1. The molecule has 1 fully saturated rings. The lowest BCUT2D eigenvalue weighted by molar-refractivity contribution is 0.253. The molecule has 3 rings (SSSR count). The molecular weight excluding hydrogens is 489 g/mol. The Morgan fingerprint density at radius 3 is 2.57 bits per heavy atom. The fourth-order valence-corrected chi connectivity index (χ4v) is 3.59. The Balaban J connectivity index is 0.00000320. The molecule has 1 saturated heterocycles. The van der Waals surface area contributed by atoms with Gasteiger partial charge in [-0.25, -0.2) is 0 Å². The molecule has 0 aromatic heterocycles. The molecule has 7 heteroatoms. The summed E-state index contributed by atoms with van der Waals surface area (Å²) in [6.45, 7) is 8.46.